The third-order valence-electron chi connectivity index (χ3n) is 4.19. The van der Waals surface area contributed by atoms with Crippen LogP contribution in [0.2, 0.25) is 5.02 Å². The number of aliphatic hydroxyl groups excluding tert-OH is 1. The van der Waals surface area contributed by atoms with Gasteiger partial charge in [0.2, 0.25) is 0 Å². The average molecular weight is 327 g/mol. The van der Waals surface area contributed by atoms with Crippen molar-refractivity contribution in [3.63, 3.8) is 0 Å². The Labute approximate surface area is 138 Å². The van der Waals surface area contributed by atoms with E-state index < -0.39 is 0 Å². The van der Waals surface area contributed by atoms with Crippen LogP contribution in [0.25, 0.3) is 0 Å². The van der Waals surface area contributed by atoms with Gasteiger partial charge in [0.15, 0.2) is 0 Å². The maximum absolute atomic E-state index is 9.97. The van der Waals surface area contributed by atoms with Crippen LogP contribution in [0.3, 0.4) is 0 Å². The first-order valence-corrected chi connectivity index (χ1v) is 8.42. The summed E-state index contributed by atoms with van der Waals surface area (Å²) in [6, 6.07) is 5.56. The molecule has 22 heavy (non-hydrogen) atoms. The molecule has 0 aromatic heterocycles. The zero-order valence-corrected chi connectivity index (χ0v) is 14.3. The van der Waals surface area contributed by atoms with Crippen molar-refractivity contribution in [1.29, 1.82) is 0 Å². The molecule has 1 atom stereocenters. The van der Waals surface area contributed by atoms with E-state index in [0.717, 1.165) is 38.2 Å². The number of halogens is 1. The Hall–Kier alpha value is -0.810. The van der Waals surface area contributed by atoms with Gasteiger partial charge in [-0.05, 0) is 30.5 Å². The van der Waals surface area contributed by atoms with Gasteiger partial charge >= 0.3 is 0 Å². The lowest BCUT2D eigenvalue weighted by Gasteiger charge is -2.42. The quantitative estimate of drug-likeness (QED) is 0.843. The van der Waals surface area contributed by atoms with Crippen LogP contribution in [0.5, 0.6) is 5.75 Å². The van der Waals surface area contributed by atoms with Gasteiger partial charge in [0, 0.05) is 56.0 Å². The molecule has 1 aromatic carbocycles. The number of aliphatic hydroxyl groups is 1. The van der Waals surface area contributed by atoms with Crippen LogP contribution >= 0.6 is 11.6 Å². The van der Waals surface area contributed by atoms with Gasteiger partial charge in [-0.25, -0.2) is 0 Å². The summed E-state index contributed by atoms with van der Waals surface area (Å²) in [6.07, 6.45) is 0.796. The molecule has 0 bridgehead atoms. The number of hydrogen-bond acceptors (Lipinski definition) is 4. The lowest BCUT2D eigenvalue weighted by molar-refractivity contribution is 0.0474. The monoisotopic (exact) mass is 326 g/mol. The SMILES string of the molecule is CC(C)CN1CCN(Cc2cc(Cl)ccc2O)C[C@@H]1CCO. The molecule has 0 radical (unpaired) electrons. The summed E-state index contributed by atoms with van der Waals surface area (Å²) in [5.41, 5.74) is 0.868. The number of aromatic hydroxyl groups is 1. The molecule has 1 aliphatic heterocycles. The minimum absolute atomic E-state index is 0.218. The van der Waals surface area contributed by atoms with E-state index in [1.165, 1.54) is 0 Å². The Morgan fingerprint density at radius 2 is 2.09 bits per heavy atom. The van der Waals surface area contributed by atoms with Crippen molar-refractivity contribution in [1.82, 2.24) is 9.80 Å². The van der Waals surface area contributed by atoms with Crippen molar-refractivity contribution in [3.8, 4) is 5.75 Å². The number of rotatable bonds is 6. The molecule has 0 amide bonds. The highest BCUT2D eigenvalue weighted by molar-refractivity contribution is 6.30. The molecule has 1 heterocycles. The van der Waals surface area contributed by atoms with Crippen molar-refractivity contribution in [3.05, 3.63) is 28.8 Å². The minimum atomic E-state index is 0.218. The lowest BCUT2D eigenvalue weighted by Crippen LogP contribution is -2.53. The molecule has 0 aliphatic carbocycles. The van der Waals surface area contributed by atoms with Gasteiger partial charge < -0.3 is 10.2 Å². The van der Waals surface area contributed by atoms with Crippen LogP contribution in [0.4, 0.5) is 0 Å². The van der Waals surface area contributed by atoms with Gasteiger partial charge in [0.1, 0.15) is 5.75 Å². The molecule has 124 valence electrons. The summed E-state index contributed by atoms with van der Waals surface area (Å²) in [5.74, 6) is 0.928. The number of nitrogens with zero attached hydrogens (tertiary/aromatic N) is 2. The molecular formula is C17H27ClN2O2. The molecule has 4 nitrogen and oxygen atoms in total. The van der Waals surface area contributed by atoms with Gasteiger partial charge in [-0.15, -0.1) is 0 Å². The minimum Gasteiger partial charge on any atom is -0.508 e. The number of piperazine rings is 1. The van der Waals surface area contributed by atoms with E-state index in [1.54, 1.807) is 12.1 Å². The molecule has 0 unspecified atom stereocenters. The fourth-order valence-corrected chi connectivity index (χ4v) is 3.35. The van der Waals surface area contributed by atoms with E-state index in [2.05, 4.69) is 23.6 Å². The first-order chi connectivity index (χ1) is 10.5. The summed E-state index contributed by atoms with van der Waals surface area (Å²) < 4.78 is 0. The summed E-state index contributed by atoms with van der Waals surface area (Å²) >= 11 is 6.02. The fourth-order valence-electron chi connectivity index (χ4n) is 3.15. The average Bonchev–Trinajstić information content (AvgIpc) is 2.45. The molecule has 1 fully saturated rings. The predicted molar refractivity (Wildman–Crippen MR) is 90.3 cm³/mol. The maximum atomic E-state index is 9.97. The van der Waals surface area contributed by atoms with Crippen LogP contribution in [-0.4, -0.2) is 58.8 Å². The second-order valence-corrected chi connectivity index (χ2v) is 7.00. The third kappa shape index (κ3) is 4.85. The lowest BCUT2D eigenvalue weighted by atomic mass is 10.1. The largest absolute Gasteiger partial charge is 0.508 e. The standard InChI is InChI=1S/C17H27ClN2O2/c1-13(2)10-20-7-6-19(12-16(20)5-8-21)11-14-9-15(18)3-4-17(14)22/h3-4,9,13,16,21-22H,5-8,10-12H2,1-2H3/t16-/m0/s1. The molecule has 1 aromatic rings. The Balaban J connectivity index is 2.00. The highest BCUT2D eigenvalue weighted by atomic mass is 35.5. The zero-order chi connectivity index (χ0) is 16.1. The summed E-state index contributed by atoms with van der Waals surface area (Å²) in [7, 11) is 0. The molecule has 0 saturated carbocycles. The van der Waals surface area contributed by atoms with Crippen LogP contribution < -0.4 is 0 Å². The Morgan fingerprint density at radius 3 is 2.77 bits per heavy atom. The van der Waals surface area contributed by atoms with E-state index in [4.69, 9.17) is 11.6 Å². The van der Waals surface area contributed by atoms with Crippen molar-refractivity contribution in [2.24, 2.45) is 5.92 Å². The topological polar surface area (TPSA) is 46.9 Å². The van der Waals surface area contributed by atoms with Gasteiger partial charge in [-0.1, -0.05) is 25.4 Å². The van der Waals surface area contributed by atoms with Crippen molar-refractivity contribution < 1.29 is 10.2 Å². The fraction of sp³-hybridized carbons (Fsp3) is 0.647. The smallest absolute Gasteiger partial charge is 0.120 e. The molecule has 2 rings (SSSR count). The van der Waals surface area contributed by atoms with Crippen molar-refractivity contribution >= 4 is 11.6 Å². The molecule has 5 heteroatoms. The molecule has 0 spiro atoms. The summed E-state index contributed by atoms with van der Waals surface area (Å²) in [4.78, 5) is 4.82. The van der Waals surface area contributed by atoms with Crippen LogP contribution in [-0.2, 0) is 6.54 Å². The van der Waals surface area contributed by atoms with Gasteiger partial charge in [-0.2, -0.15) is 0 Å². The second kappa shape index (κ2) is 8.16. The van der Waals surface area contributed by atoms with E-state index in [9.17, 15) is 10.2 Å². The third-order valence-corrected chi connectivity index (χ3v) is 4.42. The van der Waals surface area contributed by atoms with Crippen LogP contribution in [0.15, 0.2) is 18.2 Å². The van der Waals surface area contributed by atoms with Gasteiger partial charge in [0.05, 0.1) is 0 Å². The van der Waals surface area contributed by atoms with Crippen molar-refractivity contribution in [2.45, 2.75) is 32.9 Å². The van der Waals surface area contributed by atoms with Gasteiger partial charge in [0.25, 0.3) is 0 Å². The number of phenolic OH excluding ortho intramolecular Hbond substituents is 1. The summed E-state index contributed by atoms with van der Waals surface area (Å²) in [6.45, 7) is 9.34. The molecule has 1 saturated heterocycles. The maximum Gasteiger partial charge on any atom is 0.120 e. The first kappa shape index (κ1) is 17.5. The van der Waals surface area contributed by atoms with E-state index in [1.807, 2.05) is 6.07 Å². The number of phenols is 1. The molecular weight excluding hydrogens is 300 g/mol. The molecule has 1 aliphatic rings. The Kier molecular flexibility index (Phi) is 6.50. The highest BCUT2D eigenvalue weighted by Gasteiger charge is 2.27. The Bertz CT molecular complexity index is 482. The number of hydrogen-bond donors (Lipinski definition) is 2. The highest BCUT2D eigenvalue weighted by Crippen LogP contribution is 2.24. The Morgan fingerprint density at radius 1 is 1.32 bits per heavy atom. The van der Waals surface area contributed by atoms with E-state index in [0.29, 0.717) is 29.3 Å². The zero-order valence-electron chi connectivity index (χ0n) is 13.5. The van der Waals surface area contributed by atoms with E-state index in [-0.39, 0.29) is 6.61 Å². The van der Waals surface area contributed by atoms with Crippen molar-refractivity contribution in [2.75, 3.05) is 32.8 Å². The van der Waals surface area contributed by atoms with E-state index >= 15 is 0 Å². The first-order valence-electron chi connectivity index (χ1n) is 8.04. The normalized spacial score (nSPS) is 20.7. The second-order valence-electron chi connectivity index (χ2n) is 6.56. The summed E-state index contributed by atoms with van der Waals surface area (Å²) in [5, 5.41) is 19.9. The van der Waals surface area contributed by atoms with Crippen LogP contribution in [0.1, 0.15) is 25.8 Å². The number of benzene rings is 1. The van der Waals surface area contributed by atoms with Gasteiger partial charge in [-0.3, -0.25) is 9.80 Å². The predicted octanol–water partition coefficient (Wildman–Crippen LogP) is 2.57. The molecule has 2 N–H and O–H groups in total. The van der Waals surface area contributed by atoms with Crippen LogP contribution in [0, 0.1) is 5.92 Å².